The second kappa shape index (κ2) is 10.0. The molecular weight excluding hydrogens is 399 g/mol. The van der Waals surface area contributed by atoms with Crippen LogP contribution in [0.5, 0.6) is 0 Å². The molecule has 4 aromatic rings. The smallest absolute Gasteiger partial charge is 0.183 e. The molecule has 0 amide bonds. The van der Waals surface area contributed by atoms with Crippen LogP contribution in [0.3, 0.4) is 0 Å². The lowest BCUT2D eigenvalue weighted by atomic mass is 10.1. The number of benzene rings is 4. The molecule has 31 heavy (non-hydrogen) atoms. The number of hydrogen-bond acceptors (Lipinski definition) is 2. The van der Waals surface area contributed by atoms with Crippen LogP contribution in [-0.2, 0) is 15.6 Å². The van der Waals surface area contributed by atoms with Gasteiger partial charge in [0, 0.05) is 19.8 Å². The number of rotatable bonds is 8. The van der Waals surface area contributed by atoms with Crippen molar-refractivity contribution in [3.8, 4) is 0 Å². The number of ether oxygens (including phenoxy) is 2. The monoisotopic (exact) mass is 427 g/mol. The van der Waals surface area contributed by atoms with E-state index < -0.39 is 7.26 Å². The van der Waals surface area contributed by atoms with Gasteiger partial charge >= 0.3 is 0 Å². The van der Waals surface area contributed by atoms with Gasteiger partial charge in [0.25, 0.3) is 0 Å². The van der Waals surface area contributed by atoms with Crippen molar-refractivity contribution in [3.63, 3.8) is 0 Å². The summed E-state index contributed by atoms with van der Waals surface area (Å²) in [4.78, 5) is 0. The fourth-order valence-corrected chi connectivity index (χ4v) is 8.48. The van der Waals surface area contributed by atoms with Gasteiger partial charge in [-0.2, -0.15) is 0 Å². The topological polar surface area (TPSA) is 18.5 Å². The largest absolute Gasteiger partial charge is 0.352 e. The van der Waals surface area contributed by atoms with E-state index in [-0.39, 0.29) is 6.29 Å². The van der Waals surface area contributed by atoms with E-state index in [1.54, 1.807) is 14.2 Å². The van der Waals surface area contributed by atoms with Gasteiger partial charge in [-0.3, -0.25) is 0 Å². The van der Waals surface area contributed by atoms with E-state index >= 15 is 0 Å². The molecule has 156 valence electrons. The molecule has 0 aliphatic rings. The summed E-state index contributed by atoms with van der Waals surface area (Å²) in [6, 6.07) is 41.5. The summed E-state index contributed by atoms with van der Waals surface area (Å²) < 4.78 is 11.0. The lowest BCUT2D eigenvalue weighted by Gasteiger charge is -2.28. The molecular formula is C28H28O2P+. The van der Waals surface area contributed by atoms with Crippen molar-refractivity contribution in [2.45, 2.75) is 12.5 Å². The maximum Gasteiger partial charge on any atom is 0.183 e. The second-order valence-electron chi connectivity index (χ2n) is 7.52. The summed E-state index contributed by atoms with van der Waals surface area (Å²) in [7, 11) is 1.43. The van der Waals surface area contributed by atoms with Gasteiger partial charge in [0.15, 0.2) is 6.29 Å². The maximum atomic E-state index is 5.51. The molecule has 0 saturated carbocycles. The molecule has 0 bridgehead atoms. The third kappa shape index (κ3) is 4.48. The quantitative estimate of drug-likeness (QED) is 0.274. The van der Waals surface area contributed by atoms with Gasteiger partial charge in [-0.05, 0) is 48.0 Å². The lowest BCUT2D eigenvalue weighted by molar-refractivity contribution is -0.106. The fourth-order valence-electron chi connectivity index (χ4n) is 4.25. The Morgan fingerprint density at radius 2 is 1.03 bits per heavy atom. The van der Waals surface area contributed by atoms with E-state index in [0.717, 1.165) is 11.7 Å². The predicted octanol–water partition coefficient (Wildman–Crippen LogP) is 5.47. The first-order chi connectivity index (χ1) is 15.3. The highest BCUT2D eigenvalue weighted by molar-refractivity contribution is 7.95. The van der Waals surface area contributed by atoms with E-state index in [4.69, 9.17) is 9.47 Å². The zero-order chi connectivity index (χ0) is 21.5. The SMILES string of the molecule is COC(OC)c1cccc(C[P+](c2ccccc2)(c2ccccc2)c2ccccc2)c1. The molecule has 0 aromatic heterocycles. The Morgan fingerprint density at radius 3 is 1.45 bits per heavy atom. The van der Waals surface area contributed by atoms with E-state index in [9.17, 15) is 0 Å². The van der Waals surface area contributed by atoms with Crippen molar-refractivity contribution < 1.29 is 9.47 Å². The van der Waals surface area contributed by atoms with Crippen molar-refractivity contribution in [3.05, 3.63) is 126 Å². The average molecular weight is 428 g/mol. The second-order valence-corrected chi connectivity index (χ2v) is 11.0. The van der Waals surface area contributed by atoms with Gasteiger partial charge in [-0.1, -0.05) is 72.8 Å². The molecule has 4 aromatic carbocycles. The van der Waals surface area contributed by atoms with Crippen LogP contribution in [0, 0.1) is 0 Å². The van der Waals surface area contributed by atoms with Crippen LogP contribution in [-0.4, -0.2) is 14.2 Å². The summed E-state index contributed by atoms with van der Waals surface area (Å²) in [5.74, 6) is 0. The molecule has 3 heteroatoms. The van der Waals surface area contributed by atoms with Gasteiger partial charge in [-0.25, -0.2) is 0 Å². The van der Waals surface area contributed by atoms with E-state index in [1.165, 1.54) is 21.5 Å². The van der Waals surface area contributed by atoms with Crippen molar-refractivity contribution in [2.24, 2.45) is 0 Å². The molecule has 0 N–H and O–H groups in total. The van der Waals surface area contributed by atoms with Crippen LogP contribution >= 0.6 is 7.26 Å². The van der Waals surface area contributed by atoms with Crippen molar-refractivity contribution in [1.82, 2.24) is 0 Å². The van der Waals surface area contributed by atoms with Crippen LogP contribution in [0.15, 0.2) is 115 Å². The standard InChI is InChI=1S/C28H28O2P/c1-29-28(30-2)24-14-12-13-23(21-24)22-31(25-15-6-3-7-16-25,26-17-8-4-9-18-26)27-19-10-5-11-20-27/h3-21,28H,22H2,1-2H3/q+1. The minimum atomic E-state index is -1.92. The molecule has 0 saturated heterocycles. The Morgan fingerprint density at radius 1 is 0.581 bits per heavy atom. The van der Waals surface area contributed by atoms with Gasteiger partial charge in [0.2, 0.25) is 0 Å². The van der Waals surface area contributed by atoms with Crippen LogP contribution in [0.1, 0.15) is 17.4 Å². The van der Waals surface area contributed by atoms with E-state index in [2.05, 4.69) is 115 Å². The number of hydrogen-bond donors (Lipinski definition) is 0. The predicted molar refractivity (Wildman–Crippen MR) is 132 cm³/mol. The van der Waals surface area contributed by atoms with Gasteiger partial charge < -0.3 is 9.47 Å². The molecule has 0 heterocycles. The molecule has 0 spiro atoms. The van der Waals surface area contributed by atoms with Crippen LogP contribution < -0.4 is 15.9 Å². The minimum Gasteiger partial charge on any atom is -0.352 e. The van der Waals surface area contributed by atoms with Gasteiger partial charge in [0.1, 0.15) is 23.2 Å². The zero-order valence-electron chi connectivity index (χ0n) is 18.0. The first-order valence-corrected chi connectivity index (χ1v) is 12.4. The van der Waals surface area contributed by atoms with Gasteiger partial charge in [0.05, 0.1) is 6.16 Å². The highest BCUT2D eigenvalue weighted by Crippen LogP contribution is 2.58. The van der Waals surface area contributed by atoms with Crippen LogP contribution in [0.25, 0.3) is 0 Å². The Kier molecular flexibility index (Phi) is 6.94. The maximum absolute atomic E-state index is 5.51. The lowest BCUT2D eigenvalue weighted by Crippen LogP contribution is -2.32. The van der Waals surface area contributed by atoms with Crippen LogP contribution in [0.4, 0.5) is 0 Å². The molecule has 0 fully saturated rings. The highest BCUT2D eigenvalue weighted by Gasteiger charge is 2.45. The van der Waals surface area contributed by atoms with Crippen molar-refractivity contribution in [2.75, 3.05) is 14.2 Å². The summed E-state index contributed by atoms with van der Waals surface area (Å²) in [6.45, 7) is 0. The molecule has 0 radical (unpaired) electrons. The van der Waals surface area contributed by atoms with Gasteiger partial charge in [-0.15, -0.1) is 0 Å². The zero-order valence-corrected chi connectivity index (χ0v) is 18.9. The normalized spacial score (nSPS) is 11.6. The Balaban J connectivity index is 1.92. The highest BCUT2D eigenvalue weighted by atomic mass is 31.2. The Labute approximate surface area is 185 Å². The summed E-state index contributed by atoms with van der Waals surface area (Å²) >= 11 is 0. The third-order valence-corrected chi connectivity index (χ3v) is 10.0. The summed E-state index contributed by atoms with van der Waals surface area (Å²) in [6.07, 6.45) is 0.566. The average Bonchev–Trinajstić information content (AvgIpc) is 2.85. The molecule has 0 aliphatic carbocycles. The Hall–Kier alpha value is -2.77. The molecule has 0 aliphatic heterocycles. The fraction of sp³-hybridized carbons (Fsp3) is 0.143. The van der Waals surface area contributed by atoms with Crippen LogP contribution in [0.2, 0.25) is 0 Å². The van der Waals surface area contributed by atoms with E-state index in [0.29, 0.717) is 0 Å². The number of methoxy groups -OCH3 is 2. The minimum absolute atomic E-state index is 0.363. The third-order valence-electron chi connectivity index (χ3n) is 5.66. The molecule has 4 rings (SSSR count). The molecule has 0 atom stereocenters. The Bertz CT molecular complexity index is 981. The first kappa shape index (κ1) is 21.5. The van der Waals surface area contributed by atoms with Crippen molar-refractivity contribution >= 4 is 23.2 Å². The molecule has 0 unspecified atom stereocenters. The summed E-state index contributed by atoms with van der Waals surface area (Å²) in [5.41, 5.74) is 2.32. The van der Waals surface area contributed by atoms with Crippen molar-refractivity contribution in [1.29, 1.82) is 0 Å². The first-order valence-electron chi connectivity index (χ1n) is 10.5. The molecule has 2 nitrogen and oxygen atoms in total. The van der Waals surface area contributed by atoms with E-state index in [1.807, 2.05) is 0 Å². The summed E-state index contributed by atoms with van der Waals surface area (Å²) in [5, 5.41) is 4.15.